The summed E-state index contributed by atoms with van der Waals surface area (Å²) in [6.45, 7) is 2.46. The molecule has 2 rings (SSSR count). The number of benzene rings is 1. The lowest BCUT2D eigenvalue weighted by molar-refractivity contribution is -0.110. The first-order chi connectivity index (χ1) is 9.20. The van der Waals surface area contributed by atoms with Gasteiger partial charge in [-0.25, -0.2) is 0 Å². The van der Waals surface area contributed by atoms with Crippen molar-refractivity contribution in [1.82, 2.24) is 5.32 Å². The average Bonchev–Trinajstić information content (AvgIpc) is 2.36. The third-order valence-electron chi connectivity index (χ3n) is 3.08. The number of carbonyl (C=O) groups excluding carboxylic acids is 1. The van der Waals surface area contributed by atoms with Crippen LogP contribution in [0.25, 0.3) is 0 Å². The van der Waals surface area contributed by atoms with Gasteiger partial charge in [0, 0.05) is 6.04 Å². The van der Waals surface area contributed by atoms with Crippen LogP contribution < -0.4 is 15.4 Å². The smallest absolute Gasteiger partial charge is 0.283 e. The van der Waals surface area contributed by atoms with Crippen LogP contribution in [0.2, 0.25) is 0 Å². The molecule has 1 aliphatic rings. The summed E-state index contributed by atoms with van der Waals surface area (Å²) in [5.74, 6) is 0.374. The van der Waals surface area contributed by atoms with Gasteiger partial charge in [0.1, 0.15) is 5.75 Å². The fraction of sp³-hybridized carbons (Fsp3) is 0.429. The molecule has 0 spiro atoms. The van der Waals surface area contributed by atoms with Crippen LogP contribution in [-0.4, -0.2) is 23.5 Å². The third-order valence-corrected chi connectivity index (χ3v) is 3.38. The molecule has 102 valence electrons. The minimum Gasteiger partial charge on any atom is -0.492 e. The van der Waals surface area contributed by atoms with Gasteiger partial charge in [-0.05, 0) is 38.3 Å². The van der Waals surface area contributed by atoms with Gasteiger partial charge in [0.2, 0.25) is 0 Å². The Balaban J connectivity index is 1.95. The molecule has 1 amide bonds. The van der Waals surface area contributed by atoms with E-state index in [0.29, 0.717) is 24.1 Å². The van der Waals surface area contributed by atoms with Gasteiger partial charge in [0.05, 0.1) is 12.3 Å². The SMILES string of the molecule is CCOc1ccccc1NC(=O)C(=S)NC1CCC1. The lowest BCUT2D eigenvalue weighted by Gasteiger charge is -2.27. The highest BCUT2D eigenvalue weighted by atomic mass is 32.1. The summed E-state index contributed by atoms with van der Waals surface area (Å²) < 4.78 is 5.45. The Morgan fingerprint density at radius 3 is 2.79 bits per heavy atom. The normalized spacial score (nSPS) is 14.4. The number of rotatable bonds is 4. The second-order valence-corrected chi connectivity index (χ2v) is 4.89. The second-order valence-electron chi connectivity index (χ2n) is 4.48. The molecule has 19 heavy (non-hydrogen) atoms. The Morgan fingerprint density at radius 1 is 1.42 bits per heavy atom. The van der Waals surface area contributed by atoms with Crippen LogP contribution in [0.4, 0.5) is 5.69 Å². The number of nitrogens with one attached hydrogen (secondary N) is 2. The van der Waals surface area contributed by atoms with Gasteiger partial charge in [-0.2, -0.15) is 0 Å². The fourth-order valence-corrected chi connectivity index (χ4v) is 2.05. The van der Waals surface area contributed by atoms with E-state index in [1.165, 1.54) is 6.42 Å². The molecule has 0 saturated heterocycles. The molecule has 0 atom stereocenters. The molecule has 0 aromatic heterocycles. The number of para-hydroxylation sites is 2. The largest absolute Gasteiger partial charge is 0.492 e. The van der Waals surface area contributed by atoms with Crippen LogP contribution in [0.15, 0.2) is 24.3 Å². The van der Waals surface area contributed by atoms with Crippen molar-refractivity contribution < 1.29 is 9.53 Å². The molecule has 5 heteroatoms. The summed E-state index contributed by atoms with van der Waals surface area (Å²) in [6.07, 6.45) is 3.38. The zero-order valence-corrected chi connectivity index (χ0v) is 11.8. The first-order valence-electron chi connectivity index (χ1n) is 6.54. The summed E-state index contributed by atoms with van der Waals surface area (Å²) in [4.78, 5) is 12.2. The van der Waals surface area contributed by atoms with E-state index in [9.17, 15) is 4.79 Å². The number of anilines is 1. The molecule has 1 fully saturated rings. The van der Waals surface area contributed by atoms with Gasteiger partial charge >= 0.3 is 0 Å². The summed E-state index contributed by atoms with van der Waals surface area (Å²) in [6, 6.07) is 7.70. The highest BCUT2D eigenvalue weighted by Crippen LogP contribution is 2.23. The van der Waals surface area contributed by atoms with Gasteiger partial charge in [0.15, 0.2) is 4.99 Å². The van der Waals surface area contributed by atoms with E-state index < -0.39 is 0 Å². The molecule has 1 aromatic carbocycles. The number of hydrogen-bond donors (Lipinski definition) is 2. The highest BCUT2D eigenvalue weighted by Gasteiger charge is 2.21. The first-order valence-corrected chi connectivity index (χ1v) is 6.95. The van der Waals surface area contributed by atoms with E-state index in [1.807, 2.05) is 25.1 Å². The second kappa shape index (κ2) is 6.52. The molecule has 0 bridgehead atoms. The Labute approximate surface area is 118 Å². The Bertz CT molecular complexity index is 472. The number of carbonyl (C=O) groups is 1. The zero-order chi connectivity index (χ0) is 13.7. The summed E-state index contributed by atoms with van der Waals surface area (Å²) in [5.41, 5.74) is 0.645. The van der Waals surface area contributed by atoms with Crippen molar-refractivity contribution in [2.24, 2.45) is 0 Å². The van der Waals surface area contributed by atoms with Crippen molar-refractivity contribution in [3.8, 4) is 5.75 Å². The summed E-state index contributed by atoms with van der Waals surface area (Å²) in [7, 11) is 0. The molecular weight excluding hydrogens is 260 g/mol. The first kappa shape index (κ1) is 13.8. The predicted octanol–water partition coefficient (Wildman–Crippen LogP) is 2.49. The van der Waals surface area contributed by atoms with Gasteiger partial charge in [-0.1, -0.05) is 24.4 Å². The Kier molecular flexibility index (Phi) is 4.74. The Morgan fingerprint density at radius 2 is 2.16 bits per heavy atom. The number of thiocarbonyl (C=S) groups is 1. The van der Waals surface area contributed by atoms with Crippen molar-refractivity contribution in [2.75, 3.05) is 11.9 Å². The lowest BCUT2D eigenvalue weighted by atomic mass is 9.93. The monoisotopic (exact) mass is 278 g/mol. The van der Waals surface area contributed by atoms with Crippen molar-refractivity contribution in [3.05, 3.63) is 24.3 Å². The standard InChI is InChI=1S/C14H18N2O2S/c1-2-18-12-9-4-3-8-11(12)16-13(17)14(19)15-10-6-5-7-10/h3-4,8-10H,2,5-7H2,1H3,(H,15,19)(H,16,17). The van der Waals surface area contributed by atoms with Gasteiger partial charge < -0.3 is 15.4 Å². The molecular formula is C14H18N2O2S. The van der Waals surface area contributed by atoms with Crippen molar-refractivity contribution in [3.63, 3.8) is 0 Å². The highest BCUT2D eigenvalue weighted by molar-refractivity contribution is 7.82. The number of hydrogen-bond acceptors (Lipinski definition) is 3. The number of ether oxygens (including phenoxy) is 1. The van der Waals surface area contributed by atoms with E-state index in [1.54, 1.807) is 6.07 Å². The fourth-order valence-electron chi connectivity index (χ4n) is 1.83. The van der Waals surface area contributed by atoms with Crippen LogP contribution >= 0.6 is 12.2 Å². The van der Waals surface area contributed by atoms with Crippen LogP contribution in [0.1, 0.15) is 26.2 Å². The zero-order valence-electron chi connectivity index (χ0n) is 10.9. The van der Waals surface area contributed by atoms with Crippen LogP contribution in [0, 0.1) is 0 Å². The van der Waals surface area contributed by atoms with E-state index >= 15 is 0 Å². The molecule has 4 nitrogen and oxygen atoms in total. The van der Waals surface area contributed by atoms with Crippen molar-refractivity contribution in [2.45, 2.75) is 32.2 Å². The lowest BCUT2D eigenvalue weighted by Crippen LogP contribution is -2.43. The van der Waals surface area contributed by atoms with Crippen LogP contribution in [-0.2, 0) is 4.79 Å². The molecule has 0 aliphatic heterocycles. The predicted molar refractivity (Wildman–Crippen MR) is 79.6 cm³/mol. The van der Waals surface area contributed by atoms with Crippen molar-refractivity contribution >= 4 is 28.8 Å². The maximum absolute atomic E-state index is 12.0. The quantitative estimate of drug-likeness (QED) is 0.831. The molecule has 2 N–H and O–H groups in total. The van der Waals surface area contributed by atoms with Crippen LogP contribution in [0.5, 0.6) is 5.75 Å². The molecule has 0 heterocycles. The van der Waals surface area contributed by atoms with Gasteiger partial charge in [-0.15, -0.1) is 0 Å². The van der Waals surface area contributed by atoms with E-state index in [2.05, 4.69) is 10.6 Å². The van der Waals surface area contributed by atoms with E-state index in [-0.39, 0.29) is 10.9 Å². The average molecular weight is 278 g/mol. The van der Waals surface area contributed by atoms with Gasteiger partial charge in [0.25, 0.3) is 5.91 Å². The van der Waals surface area contributed by atoms with Crippen LogP contribution in [0.3, 0.4) is 0 Å². The maximum Gasteiger partial charge on any atom is 0.283 e. The number of amides is 1. The van der Waals surface area contributed by atoms with Crippen molar-refractivity contribution in [1.29, 1.82) is 0 Å². The van der Waals surface area contributed by atoms with E-state index in [0.717, 1.165) is 12.8 Å². The molecule has 0 unspecified atom stereocenters. The summed E-state index contributed by atoms with van der Waals surface area (Å²) in [5, 5.41) is 5.85. The van der Waals surface area contributed by atoms with E-state index in [4.69, 9.17) is 17.0 Å². The summed E-state index contributed by atoms with van der Waals surface area (Å²) >= 11 is 5.10. The molecule has 1 saturated carbocycles. The minimum atomic E-state index is -0.283. The molecule has 0 radical (unpaired) electrons. The maximum atomic E-state index is 12.0. The molecule has 1 aromatic rings. The third kappa shape index (κ3) is 3.67. The Hall–Kier alpha value is -1.62. The minimum absolute atomic E-state index is 0.246. The molecule has 1 aliphatic carbocycles. The van der Waals surface area contributed by atoms with Gasteiger partial charge in [-0.3, -0.25) is 4.79 Å². The topological polar surface area (TPSA) is 50.4 Å².